The monoisotopic (exact) mass is 363 g/mol. The number of imidazole rings is 1. The third-order valence-electron chi connectivity index (χ3n) is 5.29. The van der Waals surface area contributed by atoms with Gasteiger partial charge in [0.2, 0.25) is 5.91 Å². The average Bonchev–Trinajstić information content (AvgIpc) is 3.49. The fourth-order valence-corrected chi connectivity index (χ4v) is 3.73. The van der Waals surface area contributed by atoms with Crippen LogP contribution in [0.4, 0.5) is 0 Å². The molecule has 1 fully saturated rings. The van der Waals surface area contributed by atoms with Crippen LogP contribution in [0.3, 0.4) is 0 Å². The molecule has 5 nitrogen and oxygen atoms in total. The van der Waals surface area contributed by atoms with Gasteiger partial charge in [0, 0.05) is 32.1 Å². The summed E-state index contributed by atoms with van der Waals surface area (Å²) in [5, 5.41) is 0. The Labute approximate surface area is 158 Å². The lowest BCUT2D eigenvalue weighted by atomic mass is 10.2. The highest BCUT2D eigenvalue weighted by molar-refractivity contribution is 5.78. The molecule has 0 radical (unpaired) electrons. The van der Waals surface area contributed by atoms with Gasteiger partial charge in [-0.1, -0.05) is 42.5 Å². The molecular formula is C22H25N3O2. The Morgan fingerprint density at radius 1 is 1.00 bits per heavy atom. The van der Waals surface area contributed by atoms with Crippen LogP contribution in [0, 0.1) is 0 Å². The zero-order valence-electron chi connectivity index (χ0n) is 15.7. The van der Waals surface area contributed by atoms with Crippen molar-refractivity contribution in [3.63, 3.8) is 0 Å². The van der Waals surface area contributed by atoms with Gasteiger partial charge >= 0.3 is 5.69 Å². The SMILES string of the molecule is CCn1c(=O)n(CCC(=O)N(Cc2ccccc2)C2CC2)c2ccccc21. The molecule has 1 saturated carbocycles. The largest absolute Gasteiger partial charge is 0.335 e. The van der Waals surface area contributed by atoms with Gasteiger partial charge in [-0.05, 0) is 37.5 Å². The van der Waals surface area contributed by atoms with Crippen LogP contribution >= 0.6 is 0 Å². The summed E-state index contributed by atoms with van der Waals surface area (Å²) in [5.74, 6) is 0.126. The Balaban J connectivity index is 1.52. The molecule has 0 aliphatic heterocycles. The van der Waals surface area contributed by atoms with Crippen molar-refractivity contribution < 1.29 is 4.79 Å². The van der Waals surface area contributed by atoms with Gasteiger partial charge in [0.15, 0.2) is 0 Å². The van der Waals surface area contributed by atoms with Gasteiger partial charge in [0.25, 0.3) is 0 Å². The molecule has 5 heteroatoms. The second kappa shape index (κ2) is 7.43. The first-order valence-electron chi connectivity index (χ1n) is 9.70. The van der Waals surface area contributed by atoms with Crippen molar-refractivity contribution in [2.75, 3.05) is 0 Å². The van der Waals surface area contributed by atoms with Crippen molar-refractivity contribution in [3.05, 3.63) is 70.6 Å². The molecule has 140 valence electrons. The van der Waals surface area contributed by atoms with Crippen LogP contribution in [-0.2, 0) is 24.4 Å². The number of benzene rings is 2. The molecule has 0 atom stereocenters. The predicted molar refractivity (Wildman–Crippen MR) is 107 cm³/mol. The molecule has 0 bridgehead atoms. The Morgan fingerprint density at radius 2 is 1.63 bits per heavy atom. The second-order valence-corrected chi connectivity index (χ2v) is 7.16. The summed E-state index contributed by atoms with van der Waals surface area (Å²) >= 11 is 0. The molecule has 1 heterocycles. The van der Waals surface area contributed by atoms with Gasteiger partial charge in [-0.25, -0.2) is 4.79 Å². The first-order valence-corrected chi connectivity index (χ1v) is 9.70. The van der Waals surface area contributed by atoms with Crippen LogP contribution in [-0.4, -0.2) is 26.0 Å². The number of nitrogens with zero attached hydrogens (tertiary/aromatic N) is 3. The van der Waals surface area contributed by atoms with E-state index < -0.39 is 0 Å². The van der Waals surface area contributed by atoms with Crippen LogP contribution < -0.4 is 5.69 Å². The molecule has 1 amide bonds. The lowest BCUT2D eigenvalue weighted by Gasteiger charge is -2.22. The molecule has 2 aromatic carbocycles. The molecule has 1 aromatic heterocycles. The molecule has 0 spiro atoms. The number of carbonyl (C=O) groups is 1. The first-order chi connectivity index (χ1) is 13.2. The van der Waals surface area contributed by atoms with E-state index in [0.29, 0.717) is 32.1 Å². The number of fused-ring (bicyclic) bond motifs is 1. The second-order valence-electron chi connectivity index (χ2n) is 7.16. The topological polar surface area (TPSA) is 47.2 Å². The van der Waals surface area contributed by atoms with Gasteiger partial charge in [-0.15, -0.1) is 0 Å². The van der Waals surface area contributed by atoms with Crippen molar-refractivity contribution in [2.45, 2.75) is 51.9 Å². The van der Waals surface area contributed by atoms with Gasteiger partial charge in [0.05, 0.1) is 11.0 Å². The summed E-state index contributed by atoms with van der Waals surface area (Å²) in [6.45, 7) is 3.67. The minimum atomic E-state index is -0.0347. The van der Waals surface area contributed by atoms with Crippen molar-refractivity contribution in [1.29, 1.82) is 0 Å². The van der Waals surface area contributed by atoms with Crippen molar-refractivity contribution >= 4 is 16.9 Å². The van der Waals surface area contributed by atoms with E-state index in [1.807, 2.05) is 54.3 Å². The van der Waals surface area contributed by atoms with E-state index in [2.05, 4.69) is 12.1 Å². The number of para-hydroxylation sites is 2. The zero-order chi connectivity index (χ0) is 18.8. The molecule has 1 aliphatic carbocycles. The summed E-state index contributed by atoms with van der Waals surface area (Å²) in [6.07, 6.45) is 2.50. The minimum absolute atomic E-state index is 0.0347. The van der Waals surface area contributed by atoms with Crippen molar-refractivity contribution in [2.24, 2.45) is 0 Å². The zero-order valence-corrected chi connectivity index (χ0v) is 15.7. The normalized spacial score (nSPS) is 13.8. The Morgan fingerprint density at radius 3 is 2.26 bits per heavy atom. The molecule has 27 heavy (non-hydrogen) atoms. The van der Waals surface area contributed by atoms with Crippen LogP contribution in [0.2, 0.25) is 0 Å². The maximum absolute atomic E-state index is 12.9. The van der Waals surface area contributed by atoms with E-state index in [9.17, 15) is 9.59 Å². The molecule has 0 saturated heterocycles. The van der Waals surface area contributed by atoms with E-state index in [1.165, 1.54) is 0 Å². The summed E-state index contributed by atoms with van der Waals surface area (Å²) < 4.78 is 3.51. The highest BCUT2D eigenvalue weighted by Crippen LogP contribution is 2.29. The predicted octanol–water partition coefficient (Wildman–Crippen LogP) is 3.40. The Hall–Kier alpha value is -2.82. The lowest BCUT2D eigenvalue weighted by molar-refractivity contribution is -0.132. The quantitative estimate of drug-likeness (QED) is 0.646. The van der Waals surface area contributed by atoms with E-state index in [1.54, 1.807) is 9.13 Å². The minimum Gasteiger partial charge on any atom is -0.335 e. The summed E-state index contributed by atoms with van der Waals surface area (Å²) in [5.41, 5.74) is 2.95. The number of hydrogen-bond acceptors (Lipinski definition) is 2. The van der Waals surface area contributed by atoms with Crippen LogP contribution in [0.1, 0.15) is 31.7 Å². The molecule has 1 aliphatic rings. The maximum atomic E-state index is 12.9. The number of hydrogen-bond donors (Lipinski definition) is 0. The van der Waals surface area contributed by atoms with E-state index in [-0.39, 0.29) is 11.6 Å². The number of rotatable bonds is 7. The Bertz CT molecular complexity index is 999. The smallest absolute Gasteiger partial charge is 0.329 e. The average molecular weight is 363 g/mol. The molecule has 4 rings (SSSR count). The van der Waals surface area contributed by atoms with Crippen LogP contribution in [0.5, 0.6) is 0 Å². The number of aryl methyl sites for hydroxylation is 2. The highest BCUT2D eigenvalue weighted by atomic mass is 16.2. The van der Waals surface area contributed by atoms with Crippen molar-refractivity contribution in [1.82, 2.24) is 14.0 Å². The number of carbonyl (C=O) groups excluding carboxylic acids is 1. The van der Waals surface area contributed by atoms with Gasteiger partial charge in [-0.3, -0.25) is 13.9 Å². The van der Waals surface area contributed by atoms with E-state index >= 15 is 0 Å². The standard InChI is InChI=1S/C22H25N3O2/c1-2-23-19-10-6-7-11-20(19)24(22(23)27)15-14-21(26)25(18-12-13-18)16-17-8-4-3-5-9-17/h3-11,18H,2,12-16H2,1H3. The molecule has 0 unspecified atom stereocenters. The first kappa shape index (κ1) is 17.6. The third kappa shape index (κ3) is 3.54. The van der Waals surface area contributed by atoms with Crippen LogP contribution in [0.15, 0.2) is 59.4 Å². The molecule has 0 N–H and O–H groups in total. The van der Waals surface area contributed by atoms with Crippen molar-refractivity contribution in [3.8, 4) is 0 Å². The number of aromatic nitrogens is 2. The van der Waals surface area contributed by atoms with E-state index in [4.69, 9.17) is 0 Å². The lowest BCUT2D eigenvalue weighted by Crippen LogP contribution is -2.34. The molecular weight excluding hydrogens is 338 g/mol. The summed E-state index contributed by atoms with van der Waals surface area (Å²) in [4.78, 5) is 27.7. The fourth-order valence-electron chi connectivity index (χ4n) is 3.73. The van der Waals surface area contributed by atoms with E-state index in [0.717, 1.165) is 29.4 Å². The summed E-state index contributed by atoms with van der Waals surface area (Å²) in [7, 11) is 0. The van der Waals surface area contributed by atoms with Gasteiger partial charge in [-0.2, -0.15) is 0 Å². The maximum Gasteiger partial charge on any atom is 0.329 e. The molecule has 3 aromatic rings. The fraction of sp³-hybridized carbons (Fsp3) is 0.364. The Kier molecular flexibility index (Phi) is 4.84. The van der Waals surface area contributed by atoms with Gasteiger partial charge in [0.1, 0.15) is 0 Å². The summed E-state index contributed by atoms with van der Waals surface area (Å²) in [6, 6.07) is 18.3. The van der Waals surface area contributed by atoms with Crippen LogP contribution in [0.25, 0.3) is 11.0 Å². The highest BCUT2D eigenvalue weighted by Gasteiger charge is 2.32. The number of amides is 1. The van der Waals surface area contributed by atoms with Gasteiger partial charge < -0.3 is 4.90 Å². The third-order valence-corrected chi connectivity index (χ3v) is 5.29.